The maximum atomic E-state index is 11.4. The van der Waals surface area contributed by atoms with E-state index in [1.54, 1.807) is 26.4 Å². The quantitative estimate of drug-likeness (QED) is 0.731. The number of Topliss-reactive ketones (excluding diaryl/α,β-unsaturated/α-hetero) is 1. The summed E-state index contributed by atoms with van der Waals surface area (Å²) in [7, 11) is 6.95. The summed E-state index contributed by atoms with van der Waals surface area (Å²) in [5.41, 5.74) is 1.41. The molecule has 88 valence electrons. The SMILES string of the molecule is COc1cc(N(C)C)c(OC)cc1C(C)=O. The number of ketones is 1. The van der Waals surface area contributed by atoms with E-state index in [-0.39, 0.29) is 5.78 Å². The Labute approximate surface area is 95.8 Å². The number of nitrogens with zero attached hydrogens (tertiary/aromatic N) is 1. The standard InChI is InChI=1S/C12H17NO3/c1-8(14)9-6-12(16-5)10(13(2)3)7-11(9)15-4/h6-7H,1-5H3. The molecule has 0 aliphatic rings. The topological polar surface area (TPSA) is 38.8 Å². The largest absolute Gasteiger partial charge is 0.496 e. The molecule has 0 radical (unpaired) electrons. The number of rotatable bonds is 4. The molecule has 1 aromatic rings. The van der Waals surface area contributed by atoms with Gasteiger partial charge in [0.05, 0.1) is 25.5 Å². The van der Waals surface area contributed by atoms with Gasteiger partial charge < -0.3 is 14.4 Å². The summed E-state index contributed by atoms with van der Waals surface area (Å²) in [6, 6.07) is 3.51. The van der Waals surface area contributed by atoms with Crippen LogP contribution in [-0.4, -0.2) is 34.1 Å². The lowest BCUT2D eigenvalue weighted by Crippen LogP contribution is -2.11. The summed E-state index contributed by atoms with van der Waals surface area (Å²) >= 11 is 0. The minimum atomic E-state index is -0.0412. The van der Waals surface area contributed by atoms with Gasteiger partial charge in [0.25, 0.3) is 0 Å². The molecule has 0 saturated heterocycles. The molecule has 4 heteroatoms. The predicted octanol–water partition coefficient (Wildman–Crippen LogP) is 1.97. The predicted molar refractivity (Wildman–Crippen MR) is 63.9 cm³/mol. The lowest BCUT2D eigenvalue weighted by Gasteiger charge is -2.19. The van der Waals surface area contributed by atoms with E-state index in [0.29, 0.717) is 17.1 Å². The molecule has 0 fully saturated rings. The van der Waals surface area contributed by atoms with Crippen LogP contribution in [-0.2, 0) is 0 Å². The van der Waals surface area contributed by atoms with Gasteiger partial charge in [-0.25, -0.2) is 0 Å². The maximum Gasteiger partial charge on any atom is 0.163 e. The van der Waals surface area contributed by atoms with Crippen LogP contribution >= 0.6 is 0 Å². The zero-order valence-electron chi connectivity index (χ0n) is 10.3. The van der Waals surface area contributed by atoms with Crippen molar-refractivity contribution in [3.63, 3.8) is 0 Å². The van der Waals surface area contributed by atoms with E-state index in [1.807, 2.05) is 19.0 Å². The van der Waals surface area contributed by atoms with Crippen molar-refractivity contribution in [2.24, 2.45) is 0 Å². The van der Waals surface area contributed by atoms with Crippen molar-refractivity contribution >= 4 is 11.5 Å². The average Bonchev–Trinajstić information content (AvgIpc) is 2.26. The van der Waals surface area contributed by atoms with E-state index in [1.165, 1.54) is 6.92 Å². The van der Waals surface area contributed by atoms with Gasteiger partial charge in [-0.2, -0.15) is 0 Å². The summed E-state index contributed by atoms with van der Waals surface area (Å²) in [5.74, 6) is 1.19. The molecule has 1 aromatic carbocycles. The van der Waals surface area contributed by atoms with Gasteiger partial charge in [-0.1, -0.05) is 0 Å². The Kier molecular flexibility index (Phi) is 3.77. The molecular weight excluding hydrogens is 206 g/mol. The monoisotopic (exact) mass is 223 g/mol. The van der Waals surface area contributed by atoms with Crippen LogP contribution < -0.4 is 14.4 Å². The number of hydrogen-bond donors (Lipinski definition) is 0. The van der Waals surface area contributed by atoms with E-state index in [0.717, 1.165) is 5.69 Å². The van der Waals surface area contributed by atoms with Crippen molar-refractivity contribution in [2.75, 3.05) is 33.2 Å². The Morgan fingerprint density at radius 3 is 2.06 bits per heavy atom. The van der Waals surface area contributed by atoms with Crippen LogP contribution in [0.3, 0.4) is 0 Å². The highest BCUT2D eigenvalue weighted by Crippen LogP contribution is 2.34. The highest BCUT2D eigenvalue weighted by atomic mass is 16.5. The fourth-order valence-electron chi connectivity index (χ4n) is 1.51. The zero-order chi connectivity index (χ0) is 12.3. The highest BCUT2D eigenvalue weighted by molar-refractivity contribution is 5.98. The number of carbonyl (C=O) groups excluding carboxylic acids is 1. The Hall–Kier alpha value is -1.71. The maximum absolute atomic E-state index is 11.4. The van der Waals surface area contributed by atoms with Gasteiger partial charge in [0.2, 0.25) is 0 Å². The molecule has 16 heavy (non-hydrogen) atoms. The Bertz CT molecular complexity index is 399. The van der Waals surface area contributed by atoms with Gasteiger partial charge in [-0.05, 0) is 13.0 Å². The van der Waals surface area contributed by atoms with Crippen LogP contribution in [0.25, 0.3) is 0 Å². The average molecular weight is 223 g/mol. The Morgan fingerprint density at radius 1 is 1.12 bits per heavy atom. The Morgan fingerprint density at radius 2 is 1.69 bits per heavy atom. The lowest BCUT2D eigenvalue weighted by molar-refractivity contribution is 0.101. The van der Waals surface area contributed by atoms with Crippen molar-refractivity contribution < 1.29 is 14.3 Å². The fraction of sp³-hybridized carbons (Fsp3) is 0.417. The summed E-state index contributed by atoms with van der Waals surface area (Å²) in [5, 5.41) is 0. The fourth-order valence-corrected chi connectivity index (χ4v) is 1.51. The molecule has 1 rings (SSSR count). The molecule has 0 aliphatic carbocycles. The molecule has 4 nitrogen and oxygen atoms in total. The minimum Gasteiger partial charge on any atom is -0.496 e. The number of hydrogen-bond acceptors (Lipinski definition) is 4. The first-order valence-electron chi connectivity index (χ1n) is 4.95. The van der Waals surface area contributed by atoms with Gasteiger partial charge in [0.1, 0.15) is 11.5 Å². The van der Waals surface area contributed by atoms with E-state index < -0.39 is 0 Å². The zero-order valence-corrected chi connectivity index (χ0v) is 10.3. The Balaban J connectivity index is 3.40. The second-order valence-electron chi connectivity index (χ2n) is 3.67. The summed E-state index contributed by atoms with van der Waals surface area (Å²) in [4.78, 5) is 13.3. The van der Waals surface area contributed by atoms with Crippen LogP contribution in [0.4, 0.5) is 5.69 Å². The summed E-state index contributed by atoms with van der Waals surface area (Å²) in [6.45, 7) is 1.51. The molecule has 0 aliphatic heterocycles. The third-order valence-electron chi connectivity index (χ3n) is 2.36. The molecule has 0 bridgehead atoms. The second-order valence-corrected chi connectivity index (χ2v) is 3.67. The lowest BCUT2D eigenvalue weighted by atomic mass is 10.1. The molecule has 0 aromatic heterocycles. The van der Waals surface area contributed by atoms with Gasteiger partial charge >= 0.3 is 0 Å². The van der Waals surface area contributed by atoms with Crippen molar-refractivity contribution in [1.29, 1.82) is 0 Å². The number of ether oxygens (including phenoxy) is 2. The smallest absolute Gasteiger partial charge is 0.163 e. The molecule has 0 heterocycles. The van der Waals surface area contributed by atoms with E-state index in [9.17, 15) is 4.79 Å². The summed E-state index contributed by atoms with van der Waals surface area (Å²) in [6.07, 6.45) is 0. The highest BCUT2D eigenvalue weighted by Gasteiger charge is 2.15. The molecule has 0 unspecified atom stereocenters. The normalized spacial score (nSPS) is 9.81. The first kappa shape index (κ1) is 12.4. The van der Waals surface area contributed by atoms with Crippen LogP contribution in [0, 0.1) is 0 Å². The molecular formula is C12H17NO3. The number of carbonyl (C=O) groups is 1. The van der Waals surface area contributed by atoms with Crippen molar-refractivity contribution in [1.82, 2.24) is 0 Å². The summed E-state index contributed by atoms with van der Waals surface area (Å²) < 4.78 is 10.4. The van der Waals surface area contributed by atoms with Crippen molar-refractivity contribution in [2.45, 2.75) is 6.92 Å². The van der Waals surface area contributed by atoms with E-state index in [4.69, 9.17) is 9.47 Å². The van der Waals surface area contributed by atoms with Gasteiger partial charge in [-0.15, -0.1) is 0 Å². The number of anilines is 1. The van der Waals surface area contributed by atoms with Gasteiger partial charge in [0, 0.05) is 20.2 Å². The van der Waals surface area contributed by atoms with Crippen molar-refractivity contribution in [3.8, 4) is 11.5 Å². The van der Waals surface area contributed by atoms with E-state index in [2.05, 4.69) is 0 Å². The molecule has 0 spiro atoms. The minimum absolute atomic E-state index is 0.0412. The molecule has 0 N–H and O–H groups in total. The van der Waals surface area contributed by atoms with Crippen LogP contribution in [0.1, 0.15) is 17.3 Å². The number of benzene rings is 1. The third kappa shape index (κ3) is 2.27. The second kappa shape index (κ2) is 4.88. The molecule has 0 amide bonds. The van der Waals surface area contributed by atoms with Crippen LogP contribution in [0.2, 0.25) is 0 Å². The first-order valence-corrected chi connectivity index (χ1v) is 4.95. The van der Waals surface area contributed by atoms with Crippen LogP contribution in [0.15, 0.2) is 12.1 Å². The molecule has 0 saturated carbocycles. The van der Waals surface area contributed by atoms with Gasteiger partial charge in [-0.3, -0.25) is 4.79 Å². The van der Waals surface area contributed by atoms with Crippen molar-refractivity contribution in [3.05, 3.63) is 17.7 Å². The van der Waals surface area contributed by atoms with Crippen LogP contribution in [0.5, 0.6) is 11.5 Å². The van der Waals surface area contributed by atoms with Gasteiger partial charge in [0.15, 0.2) is 5.78 Å². The van der Waals surface area contributed by atoms with E-state index >= 15 is 0 Å². The first-order chi connectivity index (χ1) is 7.51. The molecule has 0 atom stereocenters. The third-order valence-corrected chi connectivity index (χ3v) is 2.36. The number of methoxy groups -OCH3 is 2.